The number of rotatable bonds is 4. The zero-order chi connectivity index (χ0) is 13.7. The Morgan fingerprint density at radius 2 is 1.89 bits per heavy atom. The lowest BCUT2D eigenvalue weighted by atomic mass is 10.1. The number of halogens is 1. The lowest BCUT2D eigenvalue weighted by Gasteiger charge is -2.08. The fourth-order valence-electron chi connectivity index (χ4n) is 1.62. The van der Waals surface area contributed by atoms with E-state index in [0.29, 0.717) is 0 Å². The highest BCUT2D eigenvalue weighted by atomic mass is 35.5. The van der Waals surface area contributed by atoms with Crippen molar-refractivity contribution in [2.75, 3.05) is 14.1 Å². The van der Waals surface area contributed by atoms with E-state index >= 15 is 0 Å². The van der Waals surface area contributed by atoms with E-state index in [0.717, 1.165) is 21.0 Å². The molecular weight excluding hydrogens is 276 g/mol. The molecule has 0 aliphatic heterocycles. The number of nitrogens with zero attached hydrogens (tertiary/aromatic N) is 2. The van der Waals surface area contributed by atoms with Crippen LogP contribution in [0, 0.1) is 0 Å². The van der Waals surface area contributed by atoms with E-state index in [1.54, 1.807) is 6.34 Å². The van der Waals surface area contributed by atoms with Crippen molar-refractivity contribution >= 4 is 29.9 Å². The van der Waals surface area contributed by atoms with Crippen molar-refractivity contribution in [3.8, 4) is 11.1 Å². The summed E-state index contributed by atoms with van der Waals surface area (Å²) in [4.78, 5) is 3.03. The van der Waals surface area contributed by atoms with E-state index in [9.17, 15) is 0 Å². The van der Waals surface area contributed by atoms with Gasteiger partial charge in [-0.15, -0.1) is 0 Å². The van der Waals surface area contributed by atoms with Crippen molar-refractivity contribution in [1.29, 1.82) is 0 Å². The standard InChI is InChI=1S/C15H15ClN2S/c1-18(2)11-17-19-15-9-4-3-8-14(15)12-6-5-7-13(16)10-12/h3-11H,1-2H3. The van der Waals surface area contributed by atoms with Gasteiger partial charge in [-0.2, -0.15) is 0 Å². The first-order valence-electron chi connectivity index (χ1n) is 5.89. The molecule has 0 aliphatic carbocycles. The molecule has 98 valence electrons. The SMILES string of the molecule is CN(C)C=NSc1ccccc1-c1cccc(Cl)c1. The van der Waals surface area contributed by atoms with Gasteiger partial charge in [0.1, 0.15) is 0 Å². The summed E-state index contributed by atoms with van der Waals surface area (Å²) in [5, 5.41) is 0.745. The van der Waals surface area contributed by atoms with Crippen LogP contribution in [0.25, 0.3) is 11.1 Å². The predicted molar refractivity (Wildman–Crippen MR) is 84.9 cm³/mol. The summed E-state index contributed by atoms with van der Waals surface area (Å²) < 4.78 is 4.33. The van der Waals surface area contributed by atoms with Gasteiger partial charge in [0.2, 0.25) is 0 Å². The second-order valence-corrected chi connectivity index (χ2v) is 5.55. The Labute approximate surface area is 123 Å². The topological polar surface area (TPSA) is 15.6 Å². The number of hydrogen-bond donors (Lipinski definition) is 0. The fourth-order valence-corrected chi connectivity index (χ4v) is 2.58. The molecule has 0 heterocycles. The molecule has 0 fully saturated rings. The van der Waals surface area contributed by atoms with Crippen LogP contribution in [-0.2, 0) is 0 Å². The molecular formula is C15H15ClN2S. The molecule has 0 spiro atoms. The third-order valence-corrected chi connectivity index (χ3v) is 3.44. The van der Waals surface area contributed by atoms with Crippen molar-refractivity contribution in [3.05, 3.63) is 53.6 Å². The molecule has 0 aliphatic rings. The van der Waals surface area contributed by atoms with Gasteiger partial charge in [-0.3, -0.25) is 0 Å². The van der Waals surface area contributed by atoms with Gasteiger partial charge in [0.25, 0.3) is 0 Å². The molecule has 2 rings (SSSR count). The second-order valence-electron chi connectivity index (χ2n) is 4.28. The molecule has 0 radical (unpaired) electrons. The van der Waals surface area contributed by atoms with Gasteiger partial charge >= 0.3 is 0 Å². The lowest BCUT2D eigenvalue weighted by molar-refractivity contribution is 0.645. The Morgan fingerprint density at radius 1 is 1.11 bits per heavy atom. The summed E-state index contributed by atoms with van der Waals surface area (Å²) in [6.07, 6.45) is 1.79. The van der Waals surface area contributed by atoms with E-state index in [-0.39, 0.29) is 0 Å². The summed E-state index contributed by atoms with van der Waals surface area (Å²) in [5.41, 5.74) is 2.25. The largest absolute Gasteiger partial charge is 0.368 e. The minimum Gasteiger partial charge on any atom is -0.368 e. The van der Waals surface area contributed by atoms with Crippen LogP contribution in [0.3, 0.4) is 0 Å². The van der Waals surface area contributed by atoms with E-state index in [4.69, 9.17) is 11.6 Å². The van der Waals surface area contributed by atoms with Gasteiger partial charge in [0.15, 0.2) is 0 Å². The maximum absolute atomic E-state index is 6.05. The van der Waals surface area contributed by atoms with Crippen molar-refractivity contribution in [2.45, 2.75) is 4.90 Å². The molecule has 0 saturated heterocycles. The molecule has 0 N–H and O–H groups in total. The fraction of sp³-hybridized carbons (Fsp3) is 0.133. The first-order valence-corrected chi connectivity index (χ1v) is 7.04. The third-order valence-electron chi connectivity index (χ3n) is 2.45. The van der Waals surface area contributed by atoms with E-state index < -0.39 is 0 Å². The van der Waals surface area contributed by atoms with Crippen LogP contribution in [0.1, 0.15) is 0 Å². The van der Waals surface area contributed by atoms with Crippen molar-refractivity contribution in [2.24, 2.45) is 4.40 Å². The molecule has 19 heavy (non-hydrogen) atoms. The molecule has 0 bridgehead atoms. The van der Waals surface area contributed by atoms with Crippen LogP contribution in [0.2, 0.25) is 5.02 Å². The highest BCUT2D eigenvalue weighted by Crippen LogP contribution is 2.32. The van der Waals surface area contributed by atoms with Crippen LogP contribution >= 0.6 is 23.5 Å². The smallest absolute Gasteiger partial charge is 0.0988 e. The molecule has 2 aromatic rings. The molecule has 2 aromatic carbocycles. The molecule has 0 saturated carbocycles. The predicted octanol–water partition coefficient (Wildman–Crippen LogP) is 4.60. The molecule has 0 atom stereocenters. The molecule has 2 nitrogen and oxygen atoms in total. The van der Waals surface area contributed by atoms with Gasteiger partial charge in [0.05, 0.1) is 6.34 Å². The van der Waals surface area contributed by atoms with Crippen molar-refractivity contribution in [3.63, 3.8) is 0 Å². The first kappa shape index (κ1) is 14.0. The van der Waals surface area contributed by atoms with Gasteiger partial charge in [-0.1, -0.05) is 41.9 Å². The zero-order valence-corrected chi connectivity index (χ0v) is 12.4. The van der Waals surface area contributed by atoms with E-state index in [1.807, 2.05) is 49.3 Å². The maximum Gasteiger partial charge on any atom is 0.0988 e. The quantitative estimate of drug-likeness (QED) is 0.464. The number of hydrogen-bond acceptors (Lipinski definition) is 2. The van der Waals surface area contributed by atoms with Gasteiger partial charge in [-0.05, 0) is 29.3 Å². The average molecular weight is 291 g/mol. The summed E-state index contributed by atoms with van der Waals surface area (Å²) in [6, 6.07) is 16.1. The highest BCUT2D eigenvalue weighted by Gasteiger charge is 2.05. The second kappa shape index (κ2) is 6.64. The third kappa shape index (κ3) is 4.01. The lowest BCUT2D eigenvalue weighted by Crippen LogP contribution is -2.06. The molecule has 0 unspecified atom stereocenters. The minimum atomic E-state index is 0.745. The van der Waals surface area contributed by atoms with Gasteiger partial charge in [-0.25, -0.2) is 4.40 Å². The van der Waals surface area contributed by atoms with Gasteiger partial charge < -0.3 is 4.90 Å². The van der Waals surface area contributed by atoms with Crippen LogP contribution in [0.5, 0.6) is 0 Å². The van der Waals surface area contributed by atoms with Crippen LogP contribution in [0.4, 0.5) is 0 Å². The summed E-state index contributed by atoms with van der Waals surface area (Å²) in [6.45, 7) is 0. The molecule has 0 amide bonds. The zero-order valence-electron chi connectivity index (χ0n) is 10.9. The summed E-state index contributed by atoms with van der Waals surface area (Å²) >= 11 is 7.51. The summed E-state index contributed by atoms with van der Waals surface area (Å²) in [7, 11) is 3.90. The van der Waals surface area contributed by atoms with Crippen LogP contribution < -0.4 is 0 Å². The van der Waals surface area contributed by atoms with Crippen LogP contribution in [0.15, 0.2) is 57.8 Å². The normalized spacial score (nSPS) is 10.9. The maximum atomic E-state index is 6.05. The number of benzene rings is 2. The highest BCUT2D eigenvalue weighted by molar-refractivity contribution is 7.98. The van der Waals surface area contributed by atoms with E-state index in [2.05, 4.69) is 22.6 Å². The van der Waals surface area contributed by atoms with Crippen molar-refractivity contribution in [1.82, 2.24) is 4.90 Å². The summed E-state index contributed by atoms with van der Waals surface area (Å²) in [5.74, 6) is 0. The molecule has 4 heteroatoms. The Morgan fingerprint density at radius 3 is 2.63 bits per heavy atom. The first-order chi connectivity index (χ1) is 9.16. The Balaban J connectivity index is 2.31. The van der Waals surface area contributed by atoms with Gasteiger partial charge in [0, 0.05) is 36.0 Å². The average Bonchev–Trinajstić information content (AvgIpc) is 2.39. The minimum absolute atomic E-state index is 0.745. The van der Waals surface area contributed by atoms with Crippen LogP contribution in [-0.4, -0.2) is 25.3 Å². The van der Waals surface area contributed by atoms with Crippen molar-refractivity contribution < 1.29 is 0 Å². The Kier molecular flexibility index (Phi) is 4.88. The van der Waals surface area contributed by atoms with E-state index in [1.165, 1.54) is 11.9 Å². The Bertz CT molecular complexity index is 582. The molecule has 0 aromatic heterocycles. The monoisotopic (exact) mass is 290 g/mol. The Hall–Kier alpha value is -1.45.